The van der Waals surface area contributed by atoms with Crippen LogP contribution >= 0.6 is 11.8 Å². The van der Waals surface area contributed by atoms with Gasteiger partial charge in [0.05, 0.1) is 18.0 Å². The van der Waals surface area contributed by atoms with Crippen molar-refractivity contribution in [2.45, 2.75) is 23.7 Å². The Hall–Kier alpha value is -1.67. The Morgan fingerprint density at radius 2 is 1.96 bits per heavy atom. The smallest absolute Gasteiger partial charge is 0.173 e. The number of thioether (sulfide) groups is 1. The molecule has 5 nitrogen and oxygen atoms in total. The summed E-state index contributed by atoms with van der Waals surface area (Å²) in [6.07, 6.45) is -2.24. The van der Waals surface area contributed by atoms with Gasteiger partial charge in [-0.3, -0.25) is 4.98 Å². The minimum atomic E-state index is -1.23. The van der Waals surface area contributed by atoms with Crippen molar-refractivity contribution in [3.05, 3.63) is 48.4 Å². The van der Waals surface area contributed by atoms with E-state index in [0.717, 1.165) is 11.8 Å². The molecule has 1 fully saturated rings. The van der Waals surface area contributed by atoms with Crippen molar-refractivity contribution >= 4 is 11.8 Å². The standard InChI is InChI=1S/C16H16FNO4S/c17-10-4-5-12(18-7-10)9-2-1-3-11(6-9)22-16-15(21)14(20)13(19)8-23-16/h1-7,13-16,19-21H,8H2/t13-,14+,15-,16+/m1/s1. The number of hydrogen-bond acceptors (Lipinski definition) is 6. The maximum atomic E-state index is 12.9. The van der Waals surface area contributed by atoms with Crippen LogP contribution in [0.5, 0.6) is 5.75 Å². The molecule has 122 valence electrons. The van der Waals surface area contributed by atoms with Crippen LogP contribution in [0, 0.1) is 5.82 Å². The number of halogens is 1. The predicted octanol–water partition coefficient (Wildman–Crippen LogP) is 1.42. The van der Waals surface area contributed by atoms with Gasteiger partial charge in [0.25, 0.3) is 0 Å². The lowest BCUT2D eigenvalue weighted by Crippen LogP contribution is -2.50. The largest absolute Gasteiger partial charge is 0.477 e. The summed E-state index contributed by atoms with van der Waals surface area (Å²) in [6, 6.07) is 9.92. The molecule has 0 amide bonds. The number of benzene rings is 1. The van der Waals surface area contributed by atoms with Crippen molar-refractivity contribution in [3.63, 3.8) is 0 Å². The summed E-state index contributed by atoms with van der Waals surface area (Å²) in [6.45, 7) is 0. The highest BCUT2D eigenvalue weighted by atomic mass is 32.2. The molecule has 7 heteroatoms. The minimum Gasteiger partial charge on any atom is -0.477 e. The van der Waals surface area contributed by atoms with Crippen molar-refractivity contribution in [3.8, 4) is 17.0 Å². The molecule has 0 radical (unpaired) electrons. The van der Waals surface area contributed by atoms with Crippen LogP contribution in [0.4, 0.5) is 4.39 Å². The highest BCUT2D eigenvalue weighted by Gasteiger charge is 2.38. The molecule has 0 bridgehead atoms. The van der Waals surface area contributed by atoms with E-state index in [1.54, 1.807) is 24.3 Å². The van der Waals surface area contributed by atoms with E-state index in [4.69, 9.17) is 4.74 Å². The van der Waals surface area contributed by atoms with Gasteiger partial charge >= 0.3 is 0 Å². The molecule has 3 rings (SSSR count). The average molecular weight is 337 g/mol. The van der Waals surface area contributed by atoms with Gasteiger partial charge in [-0.2, -0.15) is 0 Å². The molecule has 1 aliphatic rings. The Morgan fingerprint density at radius 3 is 2.70 bits per heavy atom. The first-order chi connectivity index (χ1) is 11.0. The van der Waals surface area contributed by atoms with Crippen molar-refractivity contribution in [1.82, 2.24) is 4.98 Å². The normalized spacial score (nSPS) is 27.7. The van der Waals surface area contributed by atoms with Crippen LogP contribution in [-0.2, 0) is 0 Å². The third-order valence-corrected chi connectivity index (χ3v) is 4.80. The second kappa shape index (κ2) is 6.84. The van der Waals surface area contributed by atoms with Crippen molar-refractivity contribution in [2.75, 3.05) is 5.75 Å². The first-order valence-corrected chi connectivity index (χ1v) is 8.14. The van der Waals surface area contributed by atoms with E-state index < -0.39 is 29.6 Å². The van der Waals surface area contributed by atoms with E-state index in [0.29, 0.717) is 11.4 Å². The summed E-state index contributed by atoms with van der Waals surface area (Å²) >= 11 is 1.23. The first-order valence-electron chi connectivity index (χ1n) is 7.09. The van der Waals surface area contributed by atoms with Crippen LogP contribution in [0.25, 0.3) is 11.3 Å². The fourth-order valence-corrected chi connectivity index (χ4v) is 3.41. The number of nitrogens with zero attached hydrogens (tertiary/aromatic N) is 1. The Bertz CT molecular complexity index is 669. The molecular formula is C16H16FNO4S. The van der Waals surface area contributed by atoms with Crippen molar-refractivity contribution < 1.29 is 24.4 Å². The van der Waals surface area contributed by atoms with E-state index in [1.807, 2.05) is 6.07 Å². The van der Waals surface area contributed by atoms with Gasteiger partial charge in [-0.05, 0) is 24.3 Å². The number of hydrogen-bond donors (Lipinski definition) is 3. The molecule has 2 heterocycles. The molecule has 1 aliphatic heterocycles. The van der Waals surface area contributed by atoms with Crippen LogP contribution in [0.15, 0.2) is 42.6 Å². The molecule has 3 N–H and O–H groups in total. The molecule has 0 saturated carbocycles. The molecule has 1 aromatic heterocycles. The van der Waals surface area contributed by atoms with Crippen LogP contribution in [-0.4, -0.2) is 49.8 Å². The lowest BCUT2D eigenvalue weighted by atomic mass is 10.1. The molecule has 1 saturated heterocycles. The van der Waals surface area contributed by atoms with Crippen molar-refractivity contribution in [2.24, 2.45) is 0 Å². The van der Waals surface area contributed by atoms with Gasteiger partial charge in [-0.25, -0.2) is 4.39 Å². The fraction of sp³-hybridized carbons (Fsp3) is 0.312. The summed E-state index contributed by atoms with van der Waals surface area (Å²) in [7, 11) is 0. The molecule has 2 aromatic rings. The molecule has 1 aromatic carbocycles. The van der Waals surface area contributed by atoms with Gasteiger partial charge in [0, 0.05) is 11.3 Å². The third-order valence-electron chi connectivity index (χ3n) is 3.56. The molecule has 4 atom stereocenters. The molecule has 0 unspecified atom stereocenters. The quantitative estimate of drug-likeness (QED) is 0.786. The van der Waals surface area contributed by atoms with Gasteiger partial charge in [0.2, 0.25) is 0 Å². The van der Waals surface area contributed by atoms with Crippen molar-refractivity contribution in [1.29, 1.82) is 0 Å². The van der Waals surface area contributed by atoms with E-state index in [-0.39, 0.29) is 5.75 Å². The van der Waals surface area contributed by atoms with Gasteiger partial charge < -0.3 is 20.1 Å². The van der Waals surface area contributed by atoms with Gasteiger partial charge in [0.1, 0.15) is 23.8 Å². The monoisotopic (exact) mass is 337 g/mol. The van der Waals surface area contributed by atoms with Crippen LogP contribution in [0.2, 0.25) is 0 Å². The highest BCUT2D eigenvalue weighted by Crippen LogP contribution is 2.30. The Morgan fingerprint density at radius 1 is 1.13 bits per heavy atom. The van der Waals surface area contributed by atoms with E-state index in [2.05, 4.69) is 4.98 Å². The first kappa shape index (κ1) is 16.2. The second-order valence-corrected chi connectivity index (χ2v) is 6.39. The van der Waals surface area contributed by atoms with E-state index >= 15 is 0 Å². The average Bonchev–Trinajstić information content (AvgIpc) is 2.56. The minimum absolute atomic E-state index is 0.280. The fourth-order valence-electron chi connectivity index (χ4n) is 2.29. The third kappa shape index (κ3) is 3.64. The molecule has 0 spiro atoms. The lowest BCUT2D eigenvalue weighted by molar-refractivity contribution is -0.0786. The molecule has 23 heavy (non-hydrogen) atoms. The SMILES string of the molecule is O[C@@H]1[C@@H](O)[C@@H](Oc2cccc(-c3ccc(F)cn3)c2)SC[C@H]1O. The van der Waals surface area contributed by atoms with Crippen LogP contribution in [0.1, 0.15) is 0 Å². The highest BCUT2D eigenvalue weighted by molar-refractivity contribution is 7.99. The molecular weight excluding hydrogens is 321 g/mol. The number of aromatic nitrogens is 1. The van der Waals surface area contributed by atoms with E-state index in [9.17, 15) is 19.7 Å². The van der Waals surface area contributed by atoms with Gasteiger partial charge in [0.15, 0.2) is 5.44 Å². The van der Waals surface area contributed by atoms with E-state index in [1.165, 1.54) is 17.8 Å². The Labute approximate surface area is 136 Å². The zero-order chi connectivity index (χ0) is 16.4. The Kier molecular flexibility index (Phi) is 4.82. The van der Waals surface area contributed by atoms with Gasteiger partial charge in [-0.15, -0.1) is 11.8 Å². The topological polar surface area (TPSA) is 82.8 Å². The number of aliphatic hydroxyl groups is 3. The van der Waals surface area contributed by atoms with Crippen LogP contribution < -0.4 is 4.74 Å². The number of ether oxygens (including phenoxy) is 1. The zero-order valence-corrected chi connectivity index (χ0v) is 12.9. The predicted molar refractivity (Wildman–Crippen MR) is 84.5 cm³/mol. The number of aliphatic hydroxyl groups excluding tert-OH is 3. The summed E-state index contributed by atoms with van der Waals surface area (Å²) in [5.41, 5.74) is 0.673. The molecule has 0 aliphatic carbocycles. The Balaban J connectivity index is 1.76. The maximum Gasteiger partial charge on any atom is 0.173 e. The van der Waals surface area contributed by atoms with Gasteiger partial charge in [-0.1, -0.05) is 12.1 Å². The summed E-state index contributed by atoms with van der Waals surface area (Å²) in [5, 5.41) is 29.2. The summed E-state index contributed by atoms with van der Waals surface area (Å²) in [5.74, 6) is 0.367. The maximum absolute atomic E-state index is 12.9. The second-order valence-electron chi connectivity index (χ2n) is 5.26. The number of pyridine rings is 1. The number of rotatable bonds is 3. The summed E-state index contributed by atoms with van der Waals surface area (Å²) in [4.78, 5) is 4.02. The zero-order valence-electron chi connectivity index (χ0n) is 12.0. The summed E-state index contributed by atoms with van der Waals surface area (Å²) < 4.78 is 18.7. The van der Waals surface area contributed by atoms with Crippen LogP contribution in [0.3, 0.4) is 0 Å². The lowest BCUT2D eigenvalue weighted by Gasteiger charge is -2.34.